The molecule has 0 saturated carbocycles. The minimum Gasteiger partial charge on any atom is -0.330 e. The lowest BCUT2D eigenvalue weighted by Crippen LogP contribution is -2.40. The van der Waals surface area contributed by atoms with E-state index in [4.69, 9.17) is 0 Å². The van der Waals surface area contributed by atoms with Crippen LogP contribution in [0, 0.1) is 0 Å². The molecular formula is C24H23N3O2S2. The van der Waals surface area contributed by atoms with Crippen LogP contribution in [-0.4, -0.2) is 40.5 Å². The number of rotatable bonds is 5. The molecule has 2 aliphatic heterocycles. The van der Waals surface area contributed by atoms with Crippen LogP contribution in [-0.2, 0) is 16.0 Å². The lowest BCUT2D eigenvalue weighted by molar-refractivity contribution is -0.138. The van der Waals surface area contributed by atoms with Gasteiger partial charge in [0.1, 0.15) is 0 Å². The van der Waals surface area contributed by atoms with E-state index in [0.717, 1.165) is 24.1 Å². The fraction of sp³-hybridized carbons (Fsp3) is 0.292. The molecule has 0 aliphatic carbocycles. The normalized spacial score (nSPS) is 18.1. The average molecular weight is 450 g/mol. The van der Waals surface area contributed by atoms with Crippen molar-refractivity contribution < 1.29 is 9.59 Å². The van der Waals surface area contributed by atoms with Gasteiger partial charge in [-0.2, -0.15) is 5.10 Å². The van der Waals surface area contributed by atoms with Crippen molar-refractivity contribution in [3.8, 4) is 0 Å². The van der Waals surface area contributed by atoms with E-state index in [1.165, 1.54) is 20.3 Å². The van der Waals surface area contributed by atoms with Crippen molar-refractivity contribution in [3.05, 3.63) is 80.2 Å². The van der Waals surface area contributed by atoms with Crippen molar-refractivity contribution in [1.82, 2.24) is 9.91 Å². The van der Waals surface area contributed by atoms with Gasteiger partial charge in [-0.25, -0.2) is 5.01 Å². The van der Waals surface area contributed by atoms with Crippen molar-refractivity contribution in [2.24, 2.45) is 5.10 Å². The zero-order chi connectivity index (χ0) is 21.2. The first kappa shape index (κ1) is 20.2. The van der Waals surface area contributed by atoms with Crippen molar-refractivity contribution in [3.63, 3.8) is 0 Å². The first-order valence-electron chi connectivity index (χ1n) is 10.5. The Bertz CT molecular complexity index is 1110. The average Bonchev–Trinajstić information content (AvgIpc) is 3.58. The molecule has 31 heavy (non-hydrogen) atoms. The summed E-state index contributed by atoms with van der Waals surface area (Å²) < 4.78 is 0. The quantitative estimate of drug-likeness (QED) is 0.567. The maximum Gasteiger partial charge on any atom is 0.243 e. The minimum atomic E-state index is -0.0832. The van der Waals surface area contributed by atoms with E-state index in [9.17, 15) is 9.59 Å². The predicted octanol–water partition coefficient (Wildman–Crippen LogP) is 4.70. The van der Waals surface area contributed by atoms with Gasteiger partial charge in [-0.3, -0.25) is 9.59 Å². The third-order valence-corrected chi connectivity index (χ3v) is 7.77. The monoisotopic (exact) mass is 449 g/mol. The Morgan fingerprint density at radius 2 is 1.74 bits per heavy atom. The van der Waals surface area contributed by atoms with E-state index in [2.05, 4.69) is 28.0 Å². The van der Waals surface area contributed by atoms with Crippen molar-refractivity contribution in [1.29, 1.82) is 0 Å². The van der Waals surface area contributed by atoms with Crippen LogP contribution in [0.25, 0.3) is 0 Å². The second kappa shape index (κ2) is 8.77. The number of hydrazone groups is 1. The summed E-state index contributed by atoms with van der Waals surface area (Å²) in [6, 6.07) is 16.2. The van der Waals surface area contributed by atoms with Gasteiger partial charge in [-0.15, -0.1) is 22.7 Å². The van der Waals surface area contributed by atoms with Gasteiger partial charge in [-0.1, -0.05) is 36.4 Å². The van der Waals surface area contributed by atoms with E-state index in [0.29, 0.717) is 13.1 Å². The Morgan fingerprint density at radius 1 is 0.903 bits per heavy atom. The van der Waals surface area contributed by atoms with Crippen molar-refractivity contribution in [2.45, 2.75) is 31.7 Å². The molecule has 1 aromatic carbocycles. The Kier molecular flexibility index (Phi) is 5.70. The lowest BCUT2D eigenvalue weighted by Gasteiger charge is -2.35. The number of carbonyl (C=O) groups is 2. The molecule has 5 rings (SSSR count). The molecule has 5 nitrogen and oxygen atoms in total. The first-order chi connectivity index (χ1) is 15.2. The molecule has 158 valence electrons. The summed E-state index contributed by atoms with van der Waals surface area (Å²) >= 11 is 3.44. The van der Waals surface area contributed by atoms with Crippen molar-refractivity contribution in [2.75, 3.05) is 13.1 Å². The largest absolute Gasteiger partial charge is 0.330 e. The van der Waals surface area contributed by atoms with Gasteiger partial charge >= 0.3 is 0 Å². The number of carbonyl (C=O) groups excluding carboxylic acids is 2. The molecule has 0 N–H and O–H groups in total. The van der Waals surface area contributed by atoms with Gasteiger partial charge in [0.15, 0.2) is 0 Å². The molecule has 0 saturated heterocycles. The summed E-state index contributed by atoms with van der Waals surface area (Å²) in [4.78, 5) is 30.4. The molecule has 7 heteroatoms. The second-order valence-corrected chi connectivity index (χ2v) is 9.71. The zero-order valence-corrected chi connectivity index (χ0v) is 18.7. The number of benzene rings is 1. The van der Waals surface area contributed by atoms with E-state index < -0.39 is 0 Å². The third kappa shape index (κ3) is 4.07. The molecule has 2 aromatic heterocycles. The summed E-state index contributed by atoms with van der Waals surface area (Å²) in [5.74, 6) is -0.0461. The molecule has 1 atom stereocenters. The van der Waals surface area contributed by atoms with Gasteiger partial charge in [0.2, 0.25) is 11.8 Å². The number of thiophene rings is 2. The Labute approximate surface area is 189 Å². The molecule has 0 fully saturated rings. The fourth-order valence-corrected chi connectivity index (χ4v) is 6.05. The maximum atomic E-state index is 13.2. The molecular weight excluding hydrogens is 426 g/mol. The highest BCUT2D eigenvalue weighted by Gasteiger charge is 2.33. The standard InChI is InChI=1S/C24H23N3O2S2/c28-22(8-9-23(29)27-14-10-19(25-27)17-5-2-1-3-6-17)26-13-11-20-18(12-16-31-20)24(26)21-7-4-15-30-21/h1-7,12,15-16,24H,8-11,13-14H2/t24-/m0/s1. The van der Waals surface area contributed by atoms with Crippen LogP contribution < -0.4 is 0 Å². The van der Waals surface area contributed by atoms with E-state index in [-0.39, 0.29) is 30.7 Å². The maximum absolute atomic E-state index is 13.2. The predicted molar refractivity (Wildman–Crippen MR) is 124 cm³/mol. The Hall–Kier alpha value is -2.77. The highest BCUT2D eigenvalue weighted by atomic mass is 32.1. The highest BCUT2D eigenvalue weighted by Crippen LogP contribution is 2.39. The molecule has 0 unspecified atom stereocenters. The summed E-state index contributed by atoms with van der Waals surface area (Å²) in [7, 11) is 0. The first-order valence-corrected chi connectivity index (χ1v) is 12.3. The van der Waals surface area contributed by atoms with Gasteiger partial charge in [0.05, 0.1) is 18.3 Å². The van der Waals surface area contributed by atoms with E-state index in [1.54, 1.807) is 22.7 Å². The van der Waals surface area contributed by atoms with Crippen LogP contribution in [0.3, 0.4) is 0 Å². The van der Waals surface area contributed by atoms with E-state index >= 15 is 0 Å². The van der Waals surface area contributed by atoms with E-state index in [1.807, 2.05) is 41.3 Å². The number of hydrogen-bond acceptors (Lipinski definition) is 5. The Balaban J connectivity index is 1.25. The summed E-state index contributed by atoms with van der Waals surface area (Å²) in [5, 5.41) is 10.2. The topological polar surface area (TPSA) is 53.0 Å². The van der Waals surface area contributed by atoms with Crippen LogP contribution >= 0.6 is 22.7 Å². The van der Waals surface area contributed by atoms with Gasteiger partial charge in [0, 0.05) is 35.6 Å². The van der Waals surface area contributed by atoms with Crippen LogP contribution in [0.15, 0.2) is 64.4 Å². The van der Waals surface area contributed by atoms with Crippen LogP contribution in [0.1, 0.15) is 46.2 Å². The summed E-state index contributed by atoms with van der Waals surface area (Å²) in [6.45, 7) is 1.28. The van der Waals surface area contributed by atoms with Gasteiger partial charge in [-0.05, 0) is 40.4 Å². The summed E-state index contributed by atoms with van der Waals surface area (Å²) in [5.41, 5.74) is 3.21. The van der Waals surface area contributed by atoms with Gasteiger partial charge < -0.3 is 4.90 Å². The number of nitrogens with zero attached hydrogens (tertiary/aromatic N) is 3. The molecule has 0 bridgehead atoms. The molecule has 2 amide bonds. The molecule has 0 radical (unpaired) electrons. The molecule has 2 aliphatic rings. The van der Waals surface area contributed by atoms with Crippen LogP contribution in [0.5, 0.6) is 0 Å². The van der Waals surface area contributed by atoms with Gasteiger partial charge in [0.25, 0.3) is 0 Å². The van der Waals surface area contributed by atoms with Crippen LogP contribution in [0.2, 0.25) is 0 Å². The third-order valence-electron chi connectivity index (χ3n) is 5.85. The molecule has 3 aromatic rings. The number of fused-ring (bicyclic) bond motifs is 1. The summed E-state index contributed by atoms with van der Waals surface area (Å²) in [6.07, 6.45) is 2.03. The molecule has 4 heterocycles. The zero-order valence-electron chi connectivity index (χ0n) is 17.1. The number of amides is 2. The minimum absolute atomic E-state index is 0.0351. The fourth-order valence-electron chi connectivity index (χ4n) is 4.30. The highest BCUT2D eigenvalue weighted by molar-refractivity contribution is 7.10. The SMILES string of the molecule is O=C(CCC(=O)N1CCc2sccc2[C@H]1c1cccs1)N1CCC(c2ccccc2)=N1. The smallest absolute Gasteiger partial charge is 0.243 e. The lowest BCUT2D eigenvalue weighted by atomic mass is 9.98. The van der Waals surface area contributed by atoms with Crippen molar-refractivity contribution >= 4 is 40.2 Å². The number of hydrogen-bond donors (Lipinski definition) is 0. The Morgan fingerprint density at radius 3 is 2.55 bits per heavy atom. The molecule has 0 spiro atoms. The van der Waals surface area contributed by atoms with Crippen LogP contribution in [0.4, 0.5) is 0 Å². The second-order valence-electron chi connectivity index (χ2n) is 7.73.